The van der Waals surface area contributed by atoms with Crippen molar-refractivity contribution in [3.63, 3.8) is 0 Å². The first-order chi connectivity index (χ1) is 14.0. The lowest BCUT2D eigenvalue weighted by atomic mass is 9.46. The van der Waals surface area contributed by atoms with Gasteiger partial charge in [-0.3, -0.25) is 4.79 Å². The molecule has 0 amide bonds. The second-order valence-corrected chi connectivity index (χ2v) is 10.3. The highest BCUT2D eigenvalue weighted by atomic mass is 16.6. The van der Waals surface area contributed by atoms with Gasteiger partial charge in [0.25, 0.3) is 0 Å². The molecular formula is C23H33NO6. The predicted octanol–water partition coefficient (Wildman–Crippen LogP) is 2.70. The van der Waals surface area contributed by atoms with Crippen molar-refractivity contribution in [3.8, 4) is 0 Å². The second-order valence-electron chi connectivity index (χ2n) is 10.3. The average molecular weight is 420 g/mol. The maximum Gasteiger partial charge on any atom is 0.344 e. The van der Waals surface area contributed by atoms with Crippen molar-refractivity contribution < 1.29 is 29.7 Å². The Morgan fingerprint density at radius 1 is 1.20 bits per heavy atom. The number of carbonyl (C=O) groups excluding carboxylic acids is 1. The van der Waals surface area contributed by atoms with Crippen molar-refractivity contribution in [2.45, 2.75) is 77.4 Å². The number of carboxylic acids is 1. The van der Waals surface area contributed by atoms with Crippen molar-refractivity contribution >= 4 is 17.5 Å². The van der Waals surface area contributed by atoms with Gasteiger partial charge in [0.2, 0.25) is 6.61 Å². The van der Waals surface area contributed by atoms with E-state index in [9.17, 15) is 19.8 Å². The molecule has 3 saturated carbocycles. The van der Waals surface area contributed by atoms with E-state index in [0.29, 0.717) is 25.0 Å². The topological polar surface area (TPSA) is 116 Å². The van der Waals surface area contributed by atoms with Gasteiger partial charge >= 0.3 is 5.97 Å². The molecule has 6 unspecified atom stereocenters. The molecule has 3 fully saturated rings. The van der Waals surface area contributed by atoms with Gasteiger partial charge in [0.05, 0.1) is 17.4 Å². The van der Waals surface area contributed by atoms with Crippen LogP contribution >= 0.6 is 0 Å². The molecule has 0 heterocycles. The summed E-state index contributed by atoms with van der Waals surface area (Å²) in [5.41, 5.74) is -0.209. The molecule has 3 N–H and O–H groups in total. The van der Waals surface area contributed by atoms with E-state index < -0.39 is 29.7 Å². The minimum atomic E-state index is -1.08. The van der Waals surface area contributed by atoms with Crippen LogP contribution in [0.5, 0.6) is 0 Å². The lowest BCUT2D eigenvalue weighted by Gasteiger charge is -2.59. The first-order valence-corrected chi connectivity index (χ1v) is 11.1. The van der Waals surface area contributed by atoms with Gasteiger partial charge in [0.15, 0.2) is 5.78 Å². The largest absolute Gasteiger partial charge is 0.479 e. The molecule has 4 aliphatic carbocycles. The summed E-state index contributed by atoms with van der Waals surface area (Å²) in [5.74, 6) is -1.10. The highest BCUT2D eigenvalue weighted by Gasteiger charge is 2.66. The van der Waals surface area contributed by atoms with Gasteiger partial charge in [-0.1, -0.05) is 19.0 Å². The van der Waals surface area contributed by atoms with Crippen LogP contribution in [0.2, 0.25) is 0 Å². The summed E-state index contributed by atoms with van der Waals surface area (Å²) in [7, 11) is 0. The van der Waals surface area contributed by atoms with Crippen LogP contribution in [-0.4, -0.2) is 51.1 Å². The van der Waals surface area contributed by atoms with Crippen LogP contribution in [0, 0.1) is 28.6 Å². The normalized spacial score (nSPS) is 45.8. The number of ketones is 1. The number of carbonyl (C=O) groups is 2. The zero-order valence-electron chi connectivity index (χ0n) is 18.1. The van der Waals surface area contributed by atoms with E-state index in [-0.39, 0.29) is 29.0 Å². The van der Waals surface area contributed by atoms with Crippen LogP contribution in [0.25, 0.3) is 0 Å². The molecule has 4 rings (SSSR count). The van der Waals surface area contributed by atoms with Crippen LogP contribution in [0.15, 0.2) is 16.8 Å². The number of fused-ring (bicyclic) bond motifs is 5. The Labute approximate surface area is 177 Å². The first kappa shape index (κ1) is 21.5. The predicted molar refractivity (Wildman–Crippen MR) is 110 cm³/mol. The van der Waals surface area contributed by atoms with E-state index in [1.807, 2.05) is 6.92 Å². The monoisotopic (exact) mass is 419 g/mol. The smallest absolute Gasteiger partial charge is 0.344 e. The van der Waals surface area contributed by atoms with Crippen molar-refractivity contribution in [2.24, 2.45) is 33.7 Å². The van der Waals surface area contributed by atoms with E-state index in [4.69, 9.17) is 9.94 Å². The fourth-order valence-electron chi connectivity index (χ4n) is 7.24. The van der Waals surface area contributed by atoms with Crippen LogP contribution in [0.4, 0.5) is 0 Å². The van der Waals surface area contributed by atoms with Crippen LogP contribution in [0.1, 0.15) is 65.7 Å². The van der Waals surface area contributed by atoms with E-state index in [1.165, 1.54) is 0 Å². The molecule has 7 atom stereocenters. The van der Waals surface area contributed by atoms with E-state index >= 15 is 0 Å². The zero-order valence-corrected chi connectivity index (χ0v) is 18.1. The van der Waals surface area contributed by atoms with Gasteiger partial charge in [-0.15, -0.1) is 0 Å². The Morgan fingerprint density at radius 2 is 1.93 bits per heavy atom. The van der Waals surface area contributed by atoms with Gasteiger partial charge in [-0.05, 0) is 74.9 Å². The number of allylic oxidation sites excluding steroid dienone is 1. The summed E-state index contributed by atoms with van der Waals surface area (Å²) in [5, 5.41) is 35.0. The van der Waals surface area contributed by atoms with E-state index in [1.54, 1.807) is 6.08 Å². The molecule has 0 spiro atoms. The maximum atomic E-state index is 13.1. The molecule has 0 radical (unpaired) electrons. The molecule has 0 bridgehead atoms. The SMILES string of the molecule is C/C(=N/OCC(=O)O)C1CC[C@@]2(O)C3=CC(=O)C4CC(O)CCC4(C)C3CCC12C. The van der Waals surface area contributed by atoms with Crippen LogP contribution in [-0.2, 0) is 14.4 Å². The number of carboxylic acid groups (broad SMARTS) is 1. The molecule has 0 aromatic heterocycles. The summed E-state index contributed by atoms with van der Waals surface area (Å²) in [6, 6.07) is 0. The summed E-state index contributed by atoms with van der Waals surface area (Å²) in [6.45, 7) is 5.58. The number of aliphatic carboxylic acids is 1. The number of rotatable bonds is 4. The number of nitrogens with zero attached hydrogens (tertiary/aromatic N) is 1. The van der Waals surface area contributed by atoms with Gasteiger partial charge in [-0.25, -0.2) is 4.79 Å². The van der Waals surface area contributed by atoms with Crippen LogP contribution < -0.4 is 0 Å². The number of aliphatic hydroxyl groups excluding tert-OH is 1. The Balaban J connectivity index is 1.67. The van der Waals surface area contributed by atoms with Crippen LogP contribution in [0.3, 0.4) is 0 Å². The molecule has 4 aliphatic rings. The molecule has 0 aromatic carbocycles. The fourth-order valence-corrected chi connectivity index (χ4v) is 7.24. The zero-order chi connectivity index (χ0) is 21.9. The number of oxime groups is 1. The summed E-state index contributed by atoms with van der Waals surface area (Å²) in [6.07, 6.45) is 6.26. The Bertz CT molecular complexity index is 821. The van der Waals surface area contributed by atoms with Gasteiger partial charge in [0, 0.05) is 17.3 Å². The highest BCUT2D eigenvalue weighted by molar-refractivity contribution is 5.95. The highest BCUT2D eigenvalue weighted by Crippen LogP contribution is 2.67. The number of hydrogen-bond donors (Lipinski definition) is 3. The summed E-state index contributed by atoms with van der Waals surface area (Å²) < 4.78 is 0. The average Bonchev–Trinajstić information content (AvgIpc) is 2.95. The molecule has 0 aromatic rings. The van der Waals surface area contributed by atoms with E-state index in [2.05, 4.69) is 19.0 Å². The molecule has 0 saturated heterocycles. The quantitative estimate of drug-likeness (QED) is 0.477. The van der Waals surface area contributed by atoms with Gasteiger partial charge in [-0.2, -0.15) is 0 Å². The molecule has 30 heavy (non-hydrogen) atoms. The van der Waals surface area contributed by atoms with Crippen molar-refractivity contribution in [1.82, 2.24) is 0 Å². The minimum Gasteiger partial charge on any atom is -0.479 e. The van der Waals surface area contributed by atoms with Crippen molar-refractivity contribution in [1.29, 1.82) is 0 Å². The fraction of sp³-hybridized carbons (Fsp3) is 0.783. The summed E-state index contributed by atoms with van der Waals surface area (Å²) in [4.78, 5) is 28.8. The Kier molecular flexibility index (Phi) is 5.13. The third-order valence-corrected chi connectivity index (χ3v) is 8.97. The van der Waals surface area contributed by atoms with Crippen molar-refractivity contribution in [3.05, 3.63) is 11.6 Å². The molecule has 0 aliphatic heterocycles. The Morgan fingerprint density at radius 3 is 2.63 bits per heavy atom. The lowest BCUT2D eigenvalue weighted by molar-refractivity contribution is -0.142. The number of hydrogen-bond acceptors (Lipinski definition) is 6. The van der Waals surface area contributed by atoms with Gasteiger partial charge in [0.1, 0.15) is 0 Å². The van der Waals surface area contributed by atoms with E-state index in [0.717, 1.165) is 31.3 Å². The standard InChI is InChI=1S/C23H33NO6/c1-13(24-30-12-20(27)28)15-6-9-23(29)17-11-19(26)18-10-14(25)4-7-21(18,2)16(17)5-8-22(15,23)3/h11,14-16,18,25,29H,4-10,12H2,1-3H3,(H,27,28)/b24-13-/t14?,15?,16?,18?,21?,22?,23-/m1/s1. The third kappa shape index (κ3) is 2.96. The molecule has 7 heteroatoms. The third-order valence-electron chi connectivity index (χ3n) is 8.97. The summed E-state index contributed by atoms with van der Waals surface area (Å²) >= 11 is 0. The maximum absolute atomic E-state index is 13.1. The van der Waals surface area contributed by atoms with Crippen molar-refractivity contribution in [2.75, 3.05) is 6.61 Å². The second kappa shape index (κ2) is 7.16. The lowest BCUT2D eigenvalue weighted by Crippen LogP contribution is -2.59. The molecule has 7 nitrogen and oxygen atoms in total. The minimum absolute atomic E-state index is 0.0352. The Hall–Kier alpha value is -1.73. The van der Waals surface area contributed by atoms with Gasteiger partial charge < -0.3 is 20.2 Å². The molecular weight excluding hydrogens is 386 g/mol. The number of aliphatic hydroxyl groups is 2. The first-order valence-electron chi connectivity index (χ1n) is 11.1. The molecule has 166 valence electrons.